The Hall–Kier alpha value is -16.6. The topological polar surface area (TPSA) is 0 Å². The molecule has 0 saturated heterocycles. The molecule has 0 atom stereocenters. The maximum atomic E-state index is 2.45. The van der Waals surface area contributed by atoms with Gasteiger partial charge in [0, 0.05) is 0 Å². The number of benzene rings is 24. The monoisotopic (exact) mass is 1620 g/mol. The van der Waals surface area contributed by atoms with Gasteiger partial charge in [-0.15, -0.1) is 0 Å². The summed E-state index contributed by atoms with van der Waals surface area (Å²) >= 11 is 0. The van der Waals surface area contributed by atoms with Crippen LogP contribution in [-0.2, 0) is 0 Å². The van der Waals surface area contributed by atoms with E-state index < -0.39 is 0 Å². The minimum absolute atomic E-state index is 1.18. The van der Waals surface area contributed by atoms with Gasteiger partial charge in [0.2, 0.25) is 0 Å². The van der Waals surface area contributed by atoms with Gasteiger partial charge in [-0.3, -0.25) is 0 Å². The van der Waals surface area contributed by atoms with Crippen molar-refractivity contribution in [1.82, 2.24) is 0 Å². The Morgan fingerprint density at radius 3 is 0.477 bits per heavy atom. The Kier molecular flexibility index (Phi) is 19.8. The standard InChI is InChI=1S/C72H46.C56H38/c1-5-21-47(22-6-1)53-41-43-55(49-25-9-3-10-26-49)67-45-51(37-39-57(53)67)69-59-29-13-17-33-63(59)71(64-34-18-14-30-60(64)69)72-65-35-19-15-31-61(65)70(62-32-16-20-36-66(62)72)52-38-40-58-54(48-23-7-2-8-24-48)42-44-56(68(58)46-52)50-27-11-4-12-28-50;1-3-15-39(16-4-1)27-29-41-31-35-43(36-32-41)53-45-19-7-11-23-49(45)55(50-24-12-8-20-46(50)53)56-51-25-13-9-21-47(51)54(48-22-10-14-26-52(48)56)44-37-33-42(34-38-44)30-28-40-17-5-2-6-18-40/h1-46H;1-38H/b;29-27+,30-28+. The van der Waals surface area contributed by atoms with E-state index in [4.69, 9.17) is 0 Å². The predicted molar refractivity (Wildman–Crippen MR) is 553 cm³/mol. The van der Waals surface area contributed by atoms with Crippen LogP contribution in [0.15, 0.2) is 485 Å². The summed E-state index contributed by atoms with van der Waals surface area (Å²) < 4.78 is 0. The second kappa shape index (κ2) is 33.2. The Labute approximate surface area is 745 Å². The van der Waals surface area contributed by atoms with Crippen molar-refractivity contribution in [3.63, 3.8) is 0 Å². The van der Waals surface area contributed by atoms with E-state index in [1.165, 1.54) is 241 Å². The first-order valence-corrected chi connectivity index (χ1v) is 44.3. The summed E-state index contributed by atoms with van der Waals surface area (Å²) in [6.07, 6.45) is 8.73. The Balaban J connectivity index is 0.000000151. The van der Waals surface area contributed by atoms with Gasteiger partial charge >= 0.3 is 0 Å². The van der Waals surface area contributed by atoms with Crippen molar-refractivity contribution < 1.29 is 0 Å². The summed E-state index contributed by atoms with van der Waals surface area (Å²) in [4.78, 5) is 0. The molecule has 0 unspecified atom stereocenters. The Bertz CT molecular complexity index is 7730. The molecule has 0 fully saturated rings. The molecule has 0 aliphatic carbocycles. The SMILES string of the molecule is C(=C\c1ccc(-c2c3ccccc3c(-c3c4ccccc4c(-c4ccc(/C=C/c5ccccc5)cc4)c4ccccc34)c3ccccc23)cc1)/c1ccccc1.c1ccc(-c2ccc(-c3ccccc3)c3cc(-c4c5ccccc5c(-c5c6ccccc6c(-c6ccc7c(-c8ccccc8)ccc(-c8ccccc8)c7c6)c6ccccc56)c5ccccc45)ccc23)cc1. The summed E-state index contributed by atoms with van der Waals surface area (Å²) in [7, 11) is 0. The smallest absolute Gasteiger partial charge is 0.00139 e. The van der Waals surface area contributed by atoms with E-state index in [-0.39, 0.29) is 0 Å². The molecule has 0 spiro atoms. The number of fused-ring (bicyclic) bond motifs is 10. The zero-order valence-corrected chi connectivity index (χ0v) is 70.5. The van der Waals surface area contributed by atoms with E-state index >= 15 is 0 Å². The second-order valence-electron chi connectivity index (χ2n) is 33.4. The van der Waals surface area contributed by atoms with Crippen molar-refractivity contribution in [2.45, 2.75) is 0 Å². The van der Waals surface area contributed by atoms with Crippen LogP contribution >= 0.6 is 0 Å². The van der Waals surface area contributed by atoms with Crippen LogP contribution < -0.4 is 0 Å². The van der Waals surface area contributed by atoms with E-state index in [1.54, 1.807) is 0 Å². The molecule has 0 heterocycles. The molecule has 0 nitrogen and oxygen atoms in total. The first-order valence-electron chi connectivity index (χ1n) is 44.3. The lowest BCUT2D eigenvalue weighted by Gasteiger charge is -2.23. The molecule has 24 aromatic carbocycles. The van der Waals surface area contributed by atoms with Crippen molar-refractivity contribution >= 4 is 132 Å². The zero-order chi connectivity index (χ0) is 84.8. The van der Waals surface area contributed by atoms with Crippen LogP contribution in [0.2, 0.25) is 0 Å². The number of hydrogen-bond acceptors (Lipinski definition) is 0. The molecule has 0 amide bonds. The third kappa shape index (κ3) is 13.8. The molecule has 0 heteroatoms. The fraction of sp³-hybridized carbons (Fsp3) is 0. The van der Waals surface area contributed by atoms with Crippen molar-refractivity contribution in [3.05, 3.63) is 508 Å². The Morgan fingerprint density at radius 2 is 0.258 bits per heavy atom. The van der Waals surface area contributed by atoms with Gasteiger partial charge in [-0.2, -0.15) is 0 Å². The highest BCUT2D eigenvalue weighted by Crippen LogP contribution is 2.54. The molecule has 0 bridgehead atoms. The van der Waals surface area contributed by atoms with Crippen LogP contribution in [0.3, 0.4) is 0 Å². The summed E-state index contributed by atoms with van der Waals surface area (Å²) in [5.74, 6) is 0. The molecular formula is C128H84. The van der Waals surface area contributed by atoms with Crippen LogP contribution in [-0.4, -0.2) is 0 Å². The van der Waals surface area contributed by atoms with Gasteiger partial charge in [-0.05, 0) is 253 Å². The lowest BCUT2D eigenvalue weighted by Crippen LogP contribution is -1.95. The summed E-state index contributed by atoms with van der Waals surface area (Å²) in [5.41, 5.74) is 29.5. The molecule has 24 aromatic rings. The lowest BCUT2D eigenvalue weighted by atomic mass is 9.80. The van der Waals surface area contributed by atoms with Crippen LogP contribution in [0.5, 0.6) is 0 Å². The molecule has 596 valence electrons. The van der Waals surface area contributed by atoms with Crippen LogP contribution in [0, 0.1) is 0 Å². The first-order chi connectivity index (χ1) is 63.6. The molecule has 0 N–H and O–H groups in total. The summed E-state index contributed by atoms with van der Waals surface area (Å²) in [5, 5.41) is 24.9. The van der Waals surface area contributed by atoms with Crippen molar-refractivity contribution in [3.8, 4) is 111 Å². The van der Waals surface area contributed by atoms with E-state index in [2.05, 4.69) is 510 Å². The van der Waals surface area contributed by atoms with Crippen molar-refractivity contribution in [2.24, 2.45) is 0 Å². The highest BCUT2D eigenvalue weighted by molar-refractivity contribution is 6.33. The van der Waals surface area contributed by atoms with Gasteiger partial charge in [0.15, 0.2) is 0 Å². The molecule has 0 aliphatic heterocycles. The van der Waals surface area contributed by atoms with Gasteiger partial charge < -0.3 is 0 Å². The summed E-state index contributed by atoms with van der Waals surface area (Å²) in [6, 6.07) is 178. The van der Waals surface area contributed by atoms with Crippen molar-refractivity contribution in [1.29, 1.82) is 0 Å². The average Bonchev–Trinajstić information content (AvgIpc) is 0.714. The molecule has 0 aromatic heterocycles. The van der Waals surface area contributed by atoms with E-state index in [1.807, 2.05) is 0 Å². The second-order valence-corrected chi connectivity index (χ2v) is 33.4. The molecule has 24 rings (SSSR count). The largest absolute Gasteiger partial charge is 0.0622 e. The minimum Gasteiger partial charge on any atom is -0.0622 e. The number of rotatable bonds is 14. The normalized spacial score (nSPS) is 11.7. The zero-order valence-electron chi connectivity index (χ0n) is 70.5. The van der Waals surface area contributed by atoms with Gasteiger partial charge in [-0.1, -0.05) is 497 Å². The van der Waals surface area contributed by atoms with Crippen LogP contribution in [0.25, 0.3) is 243 Å². The fourth-order valence-electron chi connectivity index (χ4n) is 20.4. The van der Waals surface area contributed by atoms with E-state index in [0.717, 1.165) is 0 Å². The van der Waals surface area contributed by atoms with Crippen molar-refractivity contribution in [2.75, 3.05) is 0 Å². The van der Waals surface area contributed by atoms with Gasteiger partial charge in [-0.25, -0.2) is 0 Å². The molecular weight excluding hydrogens is 1540 g/mol. The highest BCUT2D eigenvalue weighted by Gasteiger charge is 2.27. The molecule has 0 radical (unpaired) electrons. The third-order valence-corrected chi connectivity index (χ3v) is 26.1. The quantitative estimate of drug-likeness (QED) is 0.0752. The lowest BCUT2D eigenvalue weighted by molar-refractivity contribution is 1.62. The molecule has 0 aliphatic rings. The highest BCUT2D eigenvalue weighted by atomic mass is 14.3. The average molecular weight is 1620 g/mol. The Morgan fingerprint density at radius 1 is 0.0938 bits per heavy atom. The molecule has 128 heavy (non-hydrogen) atoms. The van der Waals surface area contributed by atoms with Gasteiger partial charge in [0.05, 0.1) is 0 Å². The molecule has 0 saturated carbocycles. The van der Waals surface area contributed by atoms with E-state index in [9.17, 15) is 0 Å². The van der Waals surface area contributed by atoms with E-state index in [0.29, 0.717) is 0 Å². The van der Waals surface area contributed by atoms with Gasteiger partial charge in [0.25, 0.3) is 0 Å². The van der Waals surface area contributed by atoms with Crippen LogP contribution in [0.4, 0.5) is 0 Å². The minimum atomic E-state index is 1.18. The predicted octanol–water partition coefficient (Wildman–Crippen LogP) is 35.9. The van der Waals surface area contributed by atoms with Gasteiger partial charge in [0.1, 0.15) is 0 Å². The maximum Gasteiger partial charge on any atom is -0.00139 e. The first kappa shape index (κ1) is 76.3. The maximum absolute atomic E-state index is 2.45. The van der Waals surface area contributed by atoms with Crippen LogP contribution in [0.1, 0.15) is 22.3 Å². The summed E-state index contributed by atoms with van der Waals surface area (Å²) in [6.45, 7) is 0. The number of hydrogen-bond donors (Lipinski definition) is 0. The third-order valence-electron chi connectivity index (χ3n) is 26.1. The fourth-order valence-corrected chi connectivity index (χ4v) is 20.4.